The van der Waals surface area contributed by atoms with Gasteiger partial charge in [0.25, 0.3) is 5.91 Å². The maximum Gasteiger partial charge on any atom is 0.272 e. The fourth-order valence-corrected chi connectivity index (χ4v) is 1.78. The van der Waals surface area contributed by atoms with Gasteiger partial charge in [0.2, 0.25) is 0 Å². The average molecular weight is 278 g/mol. The third kappa shape index (κ3) is 3.71. The number of alkyl halides is 1. The molecule has 0 fully saturated rings. The molecule has 4 nitrogen and oxygen atoms in total. The number of amides is 1. The summed E-state index contributed by atoms with van der Waals surface area (Å²) in [4.78, 5) is 11.5. The van der Waals surface area contributed by atoms with E-state index in [1.165, 1.54) is 11.5 Å². The first-order chi connectivity index (χ1) is 6.74. The van der Waals surface area contributed by atoms with E-state index in [-0.39, 0.29) is 11.9 Å². The molecule has 6 heteroatoms. The molecule has 1 amide bonds. The summed E-state index contributed by atoms with van der Waals surface area (Å²) in [6, 6.07) is 0.182. The molecule has 0 radical (unpaired) electrons. The van der Waals surface area contributed by atoms with Gasteiger partial charge in [0.15, 0.2) is 5.69 Å². The highest BCUT2D eigenvalue weighted by atomic mass is 79.9. The van der Waals surface area contributed by atoms with Crippen LogP contribution in [0.5, 0.6) is 0 Å². The van der Waals surface area contributed by atoms with Crippen molar-refractivity contribution in [3.63, 3.8) is 0 Å². The molecule has 0 saturated heterocycles. The quantitative estimate of drug-likeness (QED) is 0.836. The Hall–Kier alpha value is -0.490. The third-order valence-corrected chi connectivity index (χ3v) is 2.81. The van der Waals surface area contributed by atoms with Crippen LogP contribution in [0.1, 0.15) is 30.3 Å². The Bertz CT molecular complexity index is 278. The summed E-state index contributed by atoms with van der Waals surface area (Å²) in [6.45, 7) is 1.99. The van der Waals surface area contributed by atoms with Gasteiger partial charge in [-0.3, -0.25) is 4.79 Å². The molecular formula is C8H12BrN3OS. The molecule has 1 rings (SSSR count). The summed E-state index contributed by atoms with van der Waals surface area (Å²) in [6.07, 6.45) is 2.02. The average Bonchev–Trinajstić information content (AvgIpc) is 2.67. The van der Waals surface area contributed by atoms with Crippen LogP contribution in [-0.2, 0) is 0 Å². The minimum atomic E-state index is -0.138. The van der Waals surface area contributed by atoms with Crippen molar-refractivity contribution in [1.82, 2.24) is 14.9 Å². The maximum atomic E-state index is 11.5. The molecule has 1 heterocycles. The van der Waals surface area contributed by atoms with Crippen molar-refractivity contribution >= 4 is 33.4 Å². The highest BCUT2D eigenvalue weighted by Crippen LogP contribution is 2.02. The van der Waals surface area contributed by atoms with Gasteiger partial charge in [-0.2, -0.15) is 0 Å². The number of carbonyl (C=O) groups excluding carboxylic acids is 1. The van der Waals surface area contributed by atoms with Gasteiger partial charge in [0.05, 0.1) is 0 Å². The first-order valence-corrected chi connectivity index (χ1v) is 6.33. The fourth-order valence-electron chi connectivity index (χ4n) is 1.02. The van der Waals surface area contributed by atoms with E-state index >= 15 is 0 Å². The van der Waals surface area contributed by atoms with Crippen LogP contribution in [0, 0.1) is 0 Å². The molecule has 0 spiro atoms. The van der Waals surface area contributed by atoms with Crippen LogP contribution >= 0.6 is 27.5 Å². The molecule has 14 heavy (non-hydrogen) atoms. The maximum absolute atomic E-state index is 11.5. The number of hydrogen-bond acceptors (Lipinski definition) is 4. The second-order valence-electron chi connectivity index (χ2n) is 3.00. The van der Waals surface area contributed by atoms with E-state index in [1.807, 2.05) is 6.92 Å². The molecule has 1 aromatic rings. The Morgan fingerprint density at radius 1 is 1.79 bits per heavy atom. The Balaban J connectivity index is 2.34. The summed E-state index contributed by atoms with van der Waals surface area (Å²) in [5, 5.41) is 9.17. The molecule has 0 aliphatic rings. The van der Waals surface area contributed by atoms with Gasteiger partial charge in [-0.15, -0.1) is 5.10 Å². The van der Waals surface area contributed by atoms with Crippen LogP contribution in [-0.4, -0.2) is 26.9 Å². The number of rotatable bonds is 5. The second-order valence-corrected chi connectivity index (χ2v) is 4.40. The van der Waals surface area contributed by atoms with E-state index in [9.17, 15) is 4.79 Å². The van der Waals surface area contributed by atoms with Crippen molar-refractivity contribution in [2.24, 2.45) is 0 Å². The lowest BCUT2D eigenvalue weighted by Gasteiger charge is -2.11. The molecule has 1 N–H and O–H groups in total. The van der Waals surface area contributed by atoms with Crippen LogP contribution in [0.4, 0.5) is 0 Å². The van der Waals surface area contributed by atoms with Crippen molar-refractivity contribution in [3.8, 4) is 0 Å². The van der Waals surface area contributed by atoms with E-state index < -0.39 is 0 Å². The molecule has 1 unspecified atom stereocenters. The third-order valence-electron chi connectivity index (χ3n) is 1.74. The predicted molar refractivity (Wildman–Crippen MR) is 59.9 cm³/mol. The number of carbonyl (C=O) groups is 1. The minimum Gasteiger partial charge on any atom is -0.348 e. The lowest BCUT2D eigenvalue weighted by atomic mass is 10.2. The van der Waals surface area contributed by atoms with E-state index in [0.717, 1.165) is 18.2 Å². The molecular weight excluding hydrogens is 266 g/mol. The molecule has 1 aromatic heterocycles. The lowest BCUT2D eigenvalue weighted by molar-refractivity contribution is 0.0933. The van der Waals surface area contributed by atoms with Crippen molar-refractivity contribution in [2.45, 2.75) is 25.8 Å². The van der Waals surface area contributed by atoms with Gasteiger partial charge in [-0.05, 0) is 31.3 Å². The normalized spacial score (nSPS) is 12.4. The molecule has 0 bridgehead atoms. The van der Waals surface area contributed by atoms with Gasteiger partial charge < -0.3 is 5.32 Å². The number of nitrogens with one attached hydrogen (secondary N) is 1. The van der Waals surface area contributed by atoms with Crippen LogP contribution in [0.3, 0.4) is 0 Å². The molecule has 0 aromatic carbocycles. The SMILES string of the molecule is CC(CCCBr)NC(=O)c1csnn1. The Morgan fingerprint density at radius 3 is 3.14 bits per heavy atom. The topological polar surface area (TPSA) is 54.9 Å². The summed E-state index contributed by atoms with van der Waals surface area (Å²) in [5.41, 5.74) is 0.403. The minimum absolute atomic E-state index is 0.138. The van der Waals surface area contributed by atoms with Crippen LogP contribution in [0.25, 0.3) is 0 Å². The van der Waals surface area contributed by atoms with E-state index in [4.69, 9.17) is 0 Å². The van der Waals surface area contributed by atoms with E-state index in [2.05, 4.69) is 30.8 Å². The summed E-state index contributed by atoms with van der Waals surface area (Å²) < 4.78 is 3.64. The molecule has 0 saturated carbocycles. The molecule has 1 atom stereocenters. The number of nitrogens with zero attached hydrogens (tertiary/aromatic N) is 2. The fraction of sp³-hybridized carbons (Fsp3) is 0.625. The van der Waals surface area contributed by atoms with Crippen LogP contribution in [0.15, 0.2) is 5.38 Å². The van der Waals surface area contributed by atoms with Crippen molar-refractivity contribution in [1.29, 1.82) is 0 Å². The Morgan fingerprint density at radius 2 is 2.57 bits per heavy atom. The number of halogens is 1. The monoisotopic (exact) mass is 277 g/mol. The van der Waals surface area contributed by atoms with Gasteiger partial charge in [-0.1, -0.05) is 20.4 Å². The summed E-state index contributed by atoms with van der Waals surface area (Å²) >= 11 is 4.53. The molecule has 0 aliphatic heterocycles. The molecule has 78 valence electrons. The standard InChI is InChI=1S/C8H12BrN3OS/c1-6(3-2-4-9)10-8(13)7-5-14-12-11-7/h5-6H,2-4H2,1H3,(H,10,13). The summed E-state index contributed by atoms with van der Waals surface area (Å²) in [7, 11) is 0. The first-order valence-electron chi connectivity index (χ1n) is 4.38. The van der Waals surface area contributed by atoms with Gasteiger partial charge in [0, 0.05) is 16.8 Å². The smallest absolute Gasteiger partial charge is 0.272 e. The first kappa shape index (κ1) is 11.6. The van der Waals surface area contributed by atoms with Gasteiger partial charge in [-0.25, -0.2) is 0 Å². The molecule has 0 aliphatic carbocycles. The van der Waals surface area contributed by atoms with Gasteiger partial charge >= 0.3 is 0 Å². The number of hydrogen-bond donors (Lipinski definition) is 1. The Kier molecular flexibility index (Phi) is 5.03. The van der Waals surface area contributed by atoms with Crippen molar-refractivity contribution in [3.05, 3.63) is 11.1 Å². The van der Waals surface area contributed by atoms with Crippen molar-refractivity contribution in [2.75, 3.05) is 5.33 Å². The van der Waals surface area contributed by atoms with Gasteiger partial charge in [0.1, 0.15) is 0 Å². The zero-order chi connectivity index (χ0) is 10.4. The van der Waals surface area contributed by atoms with Crippen molar-refractivity contribution < 1.29 is 4.79 Å². The Labute approximate surface area is 95.4 Å². The second kappa shape index (κ2) is 6.08. The summed E-state index contributed by atoms with van der Waals surface area (Å²) in [5.74, 6) is -0.138. The number of aromatic nitrogens is 2. The van der Waals surface area contributed by atoms with Crippen LogP contribution in [0.2, 0.25) is 0 Å². The highest BCUT2D eigenvalue weighted by molar-refractivity contribution is 9.09. The highest BCUT2D eigenvalue weighted by Gasteiger charge is 2.11. The predicted octanol–water partition coefficient (Wildman–Crippen LogP) is 1.83. The lowest BCUT2D eigenvalue weighted by Crippen LogP contribution is -2.32. The van der Waals surface area contributed by atoms with E-state index in [0.29, 0.717) is 5.69 Å². The largest absolute Gasteiger partial charge is 0.348 e. The zero-order valence-electron chi connectivity index (χ0n) is 7.86. The van der Waals surface area contributed by atoms with Crippen LogP contribution < -0.4 is 5.32 Å². The zero-order valence-corrected chi connectivity index (χ0v) is 10.3. The van der Waals surface area contributed by atoms with E-state index in [1.54, 1.807) is 5.38 Å².